The molecule has 4 atom stereocenters. The summed E-state index contributed by atoms with van der Waals surface area (Å²) < 4.78 is 79.7. The van der Waals surface area contributed by atoms with E-state index in [0.29, 0.717) is 25.7 Å². The molecule has 8 rings (SSSR count). The van der Waals surface area contributed by atoms with Crippen LogP contribution in [0.5, 0.6) is 0 Å². The molecule has 0 radical (unpaired) electrons. The molecule has 4 unspecified atom stereocenters. The minimum absolute atomic E-state index is 0.0687. The van der Waals surface area contributed by atoms with Gasteiger partial charge in [-0.3, -0.25) is 8.37 Å². The average Bonchev–Trinajstić information content (AvgIpc) is 3.71. The van der Waals surface area contributed by atoms with E-state index in [1.165, 1.54) is 24.3 Å². The van der Waals surface area contributed by atoms with Crippen LogP contribution in [0.2, 0.25) is 0 Å². The van der Waals surface area contributed by atoms with E-state index >= 15 is 0 Å². The molecule has 2 aromatic rings. The van der Waals surface area contributed by atoms with Crippen molar-refractivity contribution in [2.75, 3.05) is 13.2 Å². The number of aryl methyl sites for hydroxylation is 2. The maximum atomic E-state index is 13.5. The fourth-order valence-corrected chi connectivity index (χ4v) is 11.0. The third-order valence-electron chi connectivity index (χ3n) is 10.8. The summed E-state index contributed by atoms with van der Waals surface area (Å²) in [6, 6.07) is 13.1. The van der Waals surface area contributed by atoms with Crippen LogP contribution in [0, 0.1) is 24.7 Å². The van der Waals surface area contributed by atoms with Crippen molar-refractivity contribution in [1.82, 2.24) is 0 Å². The van der Waals surface area contributed by atoms with Gasteiger partial charge in [-0.1, -0.05) is 59.7 Å². The zero-order valence-corrected chi connectivity index (χ0v) is 23.9. The van der Waals surface area contributed by atoms with E-state index in [0.717, 1.165) is 11.1 Å². The summed E-state index contributed by atoms with van der Waals surface area (Å²) in [6.07, 6.45) is 10.6. The van der Waals surface area contributed by atoms with E-state index in [9.17, 15) is 16.8 Å². The van der Waals surface area contributed by atoms with Crippen molar-refractivity contribution >= 4 is 20.2 Å². The van der Waals surface area contributed by atoms with Crippen molar-refractivity contribution in [2.24, 2.45) is 10.8 Å². The lowest BCUT2D eigenvalue weighted by Gasteiger charge is -2.53. The lowest BCUT2D eigenvalue weighted by atomic mass is 9.45. The SMILES string of the molecule is Cc1ccc(S(=O)(=O)OCC23C45C=CC6(CCC7(C=CC2(CC4)O7)C63COS(=O)(=O)c2ccc(C)cc2)O5)cc1. The molecule has 4 fully saturated rings. The molecular formula is C30H30O8S2. The fraction of sp³-hybridized carbons (Fsp3) is 0.467. The van der Waals surface area contributed by atoms with Gasteiger partial charge in [0.1, 0.15) is 0 Å². The summed E-state index contributed by atoms with van der Waals surface area (Å²) in [5.41, 5.74) is -3.58. The predicted octanol–water partition coefficient (Wildman–Crippen LogP) is 4.13. The molecule has 2 aromatic carbocycles. The van der Waals surface area contributed by atoms with Crippen molar-refractivity contribution in [3.05, 3.63) is 84.0 Å². The predicted molar refractivity (Wildman–Crippen MR) is 143 cm³/mol. The first-order valence-electron chi connectivity index (χ1n) is 13.6. The van der Waals surface area contributed by atoms with Crippen LogP contribution in [0.1, 0.15) is 36.8 Å². The molecule has 0 amide bonds. The van der Waals surface area contributed by atoms with Crippen LogP contribution in [-0.4, -0.2) is 52.5 Å². The summed E-state index contributed by atoms with van der Waals surface area (Å²) in [5.74, 6) is 0. The number of rotatable bonds is 8. The number of hydrogen-bond donors (Lipinski definition) is 0. The van der Waals surface area contributed by atoms with Gasteiger partial charge in [0.2, 0.25) is 0 Å². The van der Waals surface area contributed by atoms with Gasteiger partial charge >= 0.3 is 0 Å². The van der Waals surface area contributed by atoms with E-state index in [1.54, 1.807) is 24.3 Å². The van der Waals surface area contributed by atoms with E-state index in [2.05, 4.69) is 0 Å². The van der Waals surface area contributed by atoms with Crippen LogP contribution in [0.3, 0.4) is 0 Å². The molecule has 10 heteroatoms. The van der Waals surface area contributed by atoms with E-state index in [-0.39, 0.29) is 23.0 Å². The molecule has 4 heterocycles. The van der Waals surface area contributed by atoms with Crippen LogP contribution in [0.15, 0.2) is 82.6 Å². The summed E-state index contributed by atoms with van der Waals surface area (Å²) in [4.78, 5) is 0.137. The monoisotopic (exact) mass is 582 g/mol. The summed E-state index contributed by atoms with van der Waals surface area (Å²) >= 11 is 0. The highest BCUT2D eigenvalue weighted by Crippen LogP contribution is 2.89. The summed E-state index contributed by atoms with van der Waals surface area (Å²) in [5, 5.41) is 0. The van der Waals surface area contributed by atoms with Gasteiger partial charge in [-0.2, -0.15) is 16.8 Å². The first-order valence-corrected chi connectivity index (χ1v) is 16.5. The van der Waals surface area contributed by atoms with Gasteiger partial charge in [0, 0.05) is 0 Å². The maximum Gasteiger partial charge on any atom is 0.296 e. The molecule has 2 saturated carbocycles. The Morgan fingerprint density at radius 3 is 1.18 bits per heavy atom. The second-order valence-corrected chi connectivity index (χ2v) is 15.5. The Bertz CT molecular complexity index is 1560. The third kappa shape index (κ3) is 2.59. The third-order valence-corrected chi connectivity index (χ3v) is 13.4. The van der Waals surface area contributed by atoms with Crippen LogP contribution < -0.4 is 0 Å². The van der Waals surface area contributed by atoms with E-state index in [1.807, 2.05) is 38.2 Å². The Hall–Kier alpha value is -2.34. The second kappa shape index (κ2) is 7.35. The minimum Gasteiger partial charge on any atom is -0.359 e. The normalized spacial score (nSPS) is 41.4. The number of benzene rings is 2. The fourth-order valence-electron chi connectivity index (χ4n) is 9.15. The molecular weight excluding hydrogens is 552 g/mol. The summed E-state index contributed by atoms with van der Waals surface area (Å²) in [7, 11) is -8.24. The van der Waals surface area contributed by atoms with Gasteiger partial charge in [-0.05, 0) is 63.8 Å². The molecule has 6 aliphatic rings. The molecule has 0 aromatic heterocycles. The van der Waals surface area contributed by atoms with Gasteiger partial charge in [0.05, 0.1) is 56.2 Å². The van der Waals surface area contributed by atoms with Crippen LogP contribution in [0.4, 0.5) is 0 Å². The standard InChI is InChI=1S/C30H30O8S2/c1-21-3-7-23(8-4-21)39(31,32)35-19-29-25-11-12-26(29)16-18-28(38-26)14-13-27(37-25,17-15-25)30(28,29)20-36-40(33,34)24-9-5-22(2)6-10-24/h3-10,15-18H,11-14,19-20H2,1-2H3. The van der Waals surface area contributed by atoms with Gasteiger partial charge in [0.15, 0.2) is 0 Å². The van der Waals surface area contributed by atoms with Crippen LogP contribution in [0.25, 0.3) is 0 Å². The van der Waals surface area contributed by atoms with E-state index in [4.69, 9.17) is 17.8 Å². The lowest BCUT2D eigenvalue weighted by molar-refractivity contribution is -0.110. The molecule has 4 bridgehead atoms. The topological polar surface area (TPSA) is 105 Å². The quantitative estimate of drug-likeness (QED) is 0.338. The molecule has 210 valence electrons. The molecule has 4 aliphatic heterocycles. The van der Waals surface area contributed by atoms with E-state index < -0.39 is 53.5 Å². The van der Waals surface area contributed by atoms with Gasteiger partial charge in [-0.15, -0.1) is 0 Å². The van der Waals surface area contributed by atoms with Gasteiger partial charge < -0.3 is 9.47 Å². The second-order valence-electron chi connectivity index (χ2n) is 12.3. The minimum atomic E-state index is -4.12. The highest BCUT2D eigenvalue weighted by molar-refractivity contribution is 7.87. The lowest BCUT2D eigenvalue weighted by Crippen LogP contribution is -2.66. The van der Waals surface area contributed by atoms with Gasteiger partial charge in [-0.25, -0.2) is 0 Å². The molecule has 2 aliphatic carbocycles. The van der Waals surface area contributed by atoms with Crippen molar-refractivity contribution in [3.63, 3.8) is 0 Å². The Morgan fingerprint density at radius 2 is 0.875 bits per heavy atom. The van der Waals surface area contributed by atoms with Crippen LogP contribution in [-0.2, 0) is 38.1 Å². The Kier molecular flexibility index (Phi) is 4.66. The zero-order chi connectivity index (χ0) is 27.9. The Balaban J connectivity index is 1.25. The molecule has 8 nitrogen and oxygen atoms in total. The number of ether oxygens (including phenoxy) is 2. The Morgan fingerprint density at radius 1 is 0.575 bits per heavy atom. The van der Waals surface area contributed by atoms with Crippen molar-refractivity contribution < 1.29 is 34.7 Å². The van der Waals surface area contributed by atoms with Crippen molar-refractivity contribution in [3.8, 4) is 0 Å². The molecule has 0 N–H and O–H groups in total. The maximum absolute atomic E-state index is 13.5. The highest BCUT2D eigenvalue weighted by atomic mass is 32.2. The molecule has 4 spiro atoms. The molecule has 2 saturated heterocycles. The first-order chi connectivity index (χ1) is 18.9. The number of hydrogen-bond acceptors (Lipinski definition) is 8. The Labute approximate surface area is 234 Å². The summed E-state index contributed by atoms with van der Waals surface area (Å²) in [6.45, 7) is 3.35. The highest BCUT2D eigenvalue weighted by Gasteiger charge is 2.98. The van der Waals surface area contributed by atoms with Gasteiger partial charge in [0.25, 0.3) is 20.2 Å². The first kappa shape index (κ1) is 25.4. The molecule has 40 heavy (non-hydrogen) atoms. The smallest absolute Gasteiger partial charge is 0.296 e. The zero-order valence-electron chi connectivity index (χ0n) is 22.3. The van der Waals surface area contributed by atoms with Crippen molar-refractivity contribution in [1.29, 1.82) is 0 Å². The average molecular weight is 583 g/mol. The largest absolute Gasteiger partial charge is 0.359 e. The van der Waals surface area contributed by atoms with Crippen molar-refractivity contribution in [2.45, 2.75) is 71.7 Å². The van der Waals surface area contributed by atoms with Crippen LogP contribution >= 0.6 is 0 Å².